The van der Waals surface area contributed by atoms with E-state index in [4.69, 9.17) is 28.1 Å². The van der Waals surface area contributed by atoms with Gasteiger partial charge in [-0.15, -0.1) is 11.8 Å². The Morgan fingerprint density at radius 3 is 2.46 bits per heavy atom. The van der Waals surface area contributed by atoms with Crippen molar-refractivity contribution in [3.05, 3.63) is 59.1 Å². The van der Waals surface area contributed by atoms with Crippen LogP contribution in [-0.4, -0.2) is 17.6 Å². The lowest BCUT2D eigenvalue weighted by Gasteiger charge is -2.46. The van der Waals surface area contributed by atoms with Gasteiger partial charge in [-0.3, -0.25) is 4.90 Å². The van der Waals surface area contributed by atoms with Gasteiger partial charge in [0.25, 0.3) is 0 Å². The fourth-order valence-electron chi connectivity index (χ4n) is 3.98. The quantitative estimate of drug-likeness (QED) is 0.709. The second-order valence-electron chi connectivity index (χ2n) is 7.20. The van der Waals surface area contributed by atoms with Gasteiger partial charge in [0.15, 0.2) is 0 Å². The third-order valence-electron chi connectivity index (χ3n) is 5.27. The molecule has 1 fully saturated rings. The molecule has 0 aromatic heterocycles. The number of para-hydroxylation sites is 1. The number of benzene rings is 2. The van der Waals surface area contributed by atoms with Crippen LogP contribution in [0.5, 0.6) is 0 Å². The number of anilines is 1. The molecule has 0 unspecified atom stereocenters. The first kappa shape index (κ1) is 19.2. The summed E-state index contributed by atoms with van der Waals surface area (Å²) in [7, 11) is 0. The molecule has 146 valence electrons. The molecule has 4 rings (SSSR count). The highest BCUT2D eigenvalue weighted by Crippen LogP contribution is 2.43. The summed E-state index contributed by atoms with van der Waals surface area (Å²) in [6.07, 6.45) is 5.30. The minimum Gasteiger partial charge on any atom is -0.369 e. The molecular weight excluding hydrogens is 390 g/mol. The number of halogens is 1. The average molecular weight is 414 g/mol. The summed E-state index contributed by atoms with van der Waals surface area (Å²) in [4.78, 5) is 12.3. The molecule has 0 amide bonds. The Morgan fingerprint density at radius 1 is 1.00 bits per heavy atom. The van der Waals surface area contributed by atoms with Crippen LogP contribution in [-0.2, 0) is 5.75 Å². The van der Waals surface area contributed by atoms with Gasteiger partial charge >= 0.3 is 0 Å². The second kappa shape index (κ2) is 8.05. The summed E-state index contributed by atoms with van der Waals surface area (Å²) in [5.41, 5.74) is 14.2. The molecule has 1 aliphatic heterocycles. The molecule has 2 aromatic carbocycles. The highest BCUT2D eigenvalue weighted by Gasteiger charge is 2.43. The number of hydrogen-bond donors (Lipinski definition) is 2. The van der Waals surface area contributed by atoms with Crippen molar-refractivity contribution in [2.24, 2.45) is 21.5 Å². The molecule has 1 saturated carbocycles. The molecule has 0 radical (unpaired) electrons. The zero-order valence-corrected chi connectivity index (χ0v) is 17.2. The summed E-state index contributed by atoms with van der Waals surface area (Å²) in [5, 5.41) is 0.751. The van der Waals surface area contributed by atoms with Crippen molar-refractivity contribution < 1.29 is 0 Å². The monoisotopic (exact) mass is 413 g/mol. The van der Waals surface area contributed by atoms with Crippen LogP contribution in [0.3, 0.4) is 0 Å². The van der Waals surface area contributed by atoms with E-state index >= 15 is 0 Å². The minimum absolute atomic E-state index is 0.280. The Hall–Kier alpha value is -2.18. The number of aliphatic imine (C=N–C) groups is 2. The van der Waals surface area contributed by atoms with Gasteiger partial charge in [-0.2, -0.15) is 4.99 Å². The molecule has 1 spiro atoms. The van der Waals surface area contributed by atoms with Crippen molar-refractivity contribution >= 4 is 41.0 Å². The lowest BCUT2D eigenvalue weighted by Crippen LogP contribution is -2.58. The summed E-state index contributed by atoms with van der Waals surface area (Å²) in [6.45, 7) is 0. The van der Waals surface area contributed by atoms with Crippen LogP contribution in [0, 0.1) is 0 Å². The molecule has 4 N–H and O–H groups in total. The van der Waals surface area contributed by atoms with E-state index in [0.717, 1.165) is 47.0 Å². The zero-order chi connectivity index (χ0) is 19.6. The van der Waals surface area contributed by atoms with E-state index in [2.05, 4.69) is 40.2 Å². The predicted octanol–water partition coefficient (Wildman–Crippen LogP) is 4.74. The highest BCUT2D eigenvalue weighted by molar-refractivity contribution is 7.98. The standard InChI is InChI=1S/C21H24ClN5S/c22-16-10-8-15(9-11-16)14-28-18-7-3-2-6-17(18)27-20(24)25-19(23)26-21(27)12-4-1-5-13-21/h2-3,6-11H,1,4-5,12-14H2,(H4,23,24,25,26). The zero-order valence-electron chi connectivity index (χ0n) is 15.6. The van der Waals surface area contributed by atoms with E-state index in [9.17, 15) is 0 Å². The lowest BCUT2D eigenvalue weighted by atomic mass is 9.87. The van der Waals surface area contributed by atoms with E-state index in [1.807, 2.05) is 18.2 Å². The molecule has 0 atom stereocenters. The van der Waals surface area contributed by atoms with Crippen LogP contribution in [0.2, 0.25) is 5.02 Å². The second-order valence-corrected chi connectivity index (χ2v) is 8.66. The first-order valence-electron chi connectivity index (χ1n) is 9.53. The Kier molecular flexibility index (Phi) is 5.51. The molecule has 1 aliphatic carbocycles. The molecule has 7 heteroatoms. The van der Waals surface area contributed by atoms with E-state index in [0.29, 0.717) is 5.96 Å². The van der Waals surface area contributed by atoms with Gasteiger partial charge in [-0.25, -0.2) is 4.99 Å². The average Bonchev–Trinajstić information content (AvgIpc) is 2.68. The Morgan fingerprint density at radius 2 is 1.71 bits per heavy atom. The fourth-order valence-corrected chi connectivity index (χ4v) is 5.10. The maximum atomic E-state index is 6.39. The summed E-state index contributed by atoms with van der Waals surface area (Å²) >= 11 is 7.78. The summed E-state index contributed by atoms with van der Waals surface area (Å²) in [6, 6.07) is 16.3. The summed E-state index contributed by atoms with van der Waals surface area (Å²) in [5.74, 6) is 1.55. The van der Waals surface area contributed by atoms with Crippen LogP contribution < -0.4 is 16.4 Å². The molecule has 2 aliphatic rings. The minimum atomic E-state index is -0.425. The number of thioether (sulfide) groups is 1. The van der Waals surface area contributed by atoms with E-state index in [1.54, 1.807) is 11.8 Å². The van der Waals surface area contributed by atoms with Crippen LogP contribution in [0.1, 0.15) is 37.7 Å². The maximum absolute atomic E-state index is 6.39. The van der Waals surface area contributed by atoms with Gasteiger partial charge in [-0.05, 0) is 55.5 Å². The molecule has 0 saturated heterocycles. The Bertz CT molecular complexity index is 903. The van der Waals surface area contributed by atoms with Crippen molar-refractivity contribution in [1.29, 1.82) is 0 Å². The fraction of sp³-hybridized carbons (Fsp3) is 0.333. The van der Waals surface area contributed by atoms with Gasteiger partial charge in [-0.1, -0.05) is 42.3 Å². The van der Waals surface area contributed by atoms with Crippen molar-refractivity contribution in [3.8, 4) is 0 Å². The van der Waals surface area contributed by atoms with Crippen molar-refractivity contribution in [2.45, 2.75) is 48.4 Å². The van der Waals surface area contributed by atoms with Crippen molar-refractivity contribution in [2.75, 3.05) is 4.90 Å². The molecule has 1 heterocycles. The van der Waals surface area contributed by atoms with E-state index in [1.165, 1.54) is 12.0 Å². The SMILES string of the molecule is NC1=NC2(CCCCC2)N(c2ccccc2SCc2ccc(Cl)cc2)C(N)=N1. The highest BCUT2D eigenvalue weighted by atomic mass is 35.5. The Labute approximate surface area is 174 Å². The smallest absolute Gasteiger partial charge is 0.220 e. The molecule has 28 heavy (non-hydrogen) atoms. The third kappa shape index (κ3) is 3.84. The van der Waals surface area contributed by atoms with Crippen molar-refractivity contribution in [1.82, 2.24) is 0 Å². The molecule has 0 bridgehead atoms. The topological polar surface area (TPSA) is 80.0 Å². The van der Waals surface area contributed by atoms with E-state index in [-0.39, 0.29) is 5.96 Å². The Balaban J connectivity index is 1.66. The van der Waals surface area contributed by atoms with Gasteiger partial charge in [0, 0.05) is 15.7 Å². The van der Waals surface area contributed by atoms with Crippen LogP contribution >= 0.6 is 23.4 Å². The van der Waals surface area contributed by atoms with Gasteiger partial charge in [0.05, 0.1) is 5.69 Å². The van der Waals surface area contributed by atoms with Gasteiger partial charge in [0.2, 0.25) is 11.9 Å². The van der Waals surface area contributed by atoms with E-state index < -0.39 is 5.66 Å². The number of nitrogens with zero attached hydrogens (tertiary/aromatic N) is 3. The number of nitrogens with two attached hydrogens (primary N) is 2. The predicted molar refractivity (Wildman–Crippen MR) is 119 cm³/mol. The normalized spacial score (nSPS) is 18.7. The lowest BCUT2D eigenvalue weighted by molar-refractivity contribution is 0.305. The first-order valence-corrected chi connectivity index (χ1v) is 10.9. The maximum Gasteiger partial charge on any atom is 0.220 e. The first-order chi connectivity index (χ1) is 13.6. The van der Waals surface area contributed by atoms with Crippen LogP contribution in [0.15, 0.2) is 63.4 Å². The molecule has 5 nitrogen and oxygen atoms in total. The van der Waals surface area contributed by atoms with Gasteiger partial charge < -0.3 is 11.5 Å². The third-order valence-corrected chi connectivity index (χ3v) is 6.65. The molecular formula is C21H24ClN5S. The summed E-state index contributed by atoms with van der Waals surface area (Å²) < 4.78 is 0. The van der Waals surface area contributed by atoms with Crippen molar-refractivity contribution in [3.63, 3.8) is 0 Å². The molecule has 2 aromatic rings. The largest absolute Gasteiger partial charge is 0.369 e. The van der Waals surface area contributed by atoms with Gasteiger partial charge in [0.1, 0.15) is 5.66 Å². The number of rotatable bonds is 4. The van der Waals surface area contributed by atoms with Crippen LogP contribution in [0.4, 0.5) is 5.69 Å². The van der Waals surface area contributed by atoms with Crippen LogP contribution in [0.25, 0.3) is 0 Å². The number of guanidine groups is 2. The number of hydrogen-bond acceptors (Lipinski definition) is 6.